The lowest BCUT2D eigenvalue weighted by molar-refractivity contribution is -0.123. The molecule has 2 atom stereocenters. The molecule has 0 aliphatic rings. The molecule has 1 aromatic carbocycles. The number of benzene rings is 1. The second-order valence-electron chi connectivity index (χ2n) is 4.65. The van der Waals surface area contributed by atoms with Crippen LogP contribution in [-0.2, 0) is 10.3 Å². The molecule has 0 radical (unpaired) electrons. The van der Waals surface area contributed by atoms with Crippen LogP contribution >= 0.6 is 11.8 Å². The summed E-state index contributed by atoms with van der Waals surface area (Å²) in [6.45, 7) is 2.22. The molecule has 1 rings (SSSR count). The van der Waals surface area contributed by atoms with E-state index >= 15 is 0 Å². The quantitative estimate of drug-likeness (QED) is 0.669. The average Bonchev–Trinajstić information content (AvgIpc) is 2.39. The molecule has 0 saturated carbocycles. The molecule has 0 bridgehead atoms. The highest BCUT2D eigenvalue weighted by atomic mass is 32.2. The van der Waals surface area contributed by atoms with Crippen molar-refractivity contribution in [3.63, 3.8) is 0 Å². The predicted molar refractivity (Wildman–Crippen MR) is 79.7 cm³/mol. The smallest absolute Gasteiger partial charge is 0.242 e. The molecule has 0 heterocycles. The number of carbonyl (C=O) groups excluding carboxylic acids is 1. The molecule has 1 amide bonds. The van der Waals surface area contributed by atoms with Crippen LogP contribution in [0.5, 0.6) is 0 Å². The molecule has 0 aliphatic carbocycles. The van der Waals surface area contributed by atoms with E-state index in [1.54, 1.807) is 11.8 Å². The van der Waals surface area contributed by atoms with Crippen LogP contribution in [0.4, 0.5) is 0 Å². The van der Waals surface area contributed by atoms with E-state index in [1.807, 2.05) is 37.3 Å². The Morgan fingerprint density at radius 2 is 2.05 bits per heavy atom. The Morgan fingerprint density at radius 3 is 2.58 bits per heavy atom. The van der Waals surface area contributed by atoms with Crippen LogP contribution in [0, 0.1) is 0 Å². The van der Waals surface area contributed by atoms with Gasteiger partial charge in [-0.1, -0.05) is 37.3 Å². The van der Waals surface area contributed by atoms with Gasteiger partial charge in [-0.15, -0.1) is 0 Å². The van der Waals surface area contributed by atoms with Gasteiger partial charge in [0.2, 0.25) is 5.91 Å². The highest BCUT2D eigenvalue weighted by Gasteiger charge is 2.33. The number of aliphatic hydroxyl groups is 1. The summed E-state index contributed by atoms with van der Waals surface area (Å²) in [4.78, 5) is 11.7. The number of amides is 1. The van der Waals surface area contributed by atoms with E-state index in [-0.39, 0.29) is 6.61 Å². The van der Waals surface area contributed by atoms with E-state index in [4.69, 9.17) is 16.6 Å². The number of carbonyl (C=O) groups is 1. The van der Waals surface area contributed by atoms with Gasteiger partial charge in [0.1, 0.15) is 5.54 Å². The van der Waals surface area contributed by atoms with Gasteiger partial charge in [0, 0.05) is 11.9 Å². The number of thioether (sulfide) groups is 1. The second-order valence-corrected chi connectivity index (χ2v) is 6.19. The van der Waals surface area contributed by atoms with Gasteiger partial charge in [-0.3, -0.25) is 4.79 Å². The largest absolute Gasteiger partial charge is 0.396 e. The van der Waals surface area contributed by atoms with Crippen molar-refractivity contribution in [1.29, 1.82) is 0 Å². The maximum absolute atomic E-state index is 11.7. The van der Waals surface area contributed by atoms with Gasteiger partial charge < -0.3 is 16.6 Å². The lowest BCUT2D eigenvalue weighted by Crippen LogP contribution is -2.49. The second kappa shape index (κ2) is 7.53. The number of nitrogens with two attached hydrogens (primary N) is 2. The molecular formula is C14H22N2O2S. The van der Waals surface area contributed by atoms with E-state index in [1.165, 1.54) is 0 Å². The number of primary amides is 1. The van der Waals surface area contributed by atoms with Crippen molar-refractivity contribution in [2.75, 3.05) is 12.4 Å². The van der Waals surface area contributed by atoms with Crippen LogP contribution in [-0.4, -0.2) is 28.6 Å². The first-order chi connectivity index (χ1) is 9.00. The van der Waals surface area contributed by atoms with E-state index in [0.29, 0.717) is 11.7 Å². The number of hydrogen-bond acceptors (Lipinski definition) is 4. The van der Waals surface area contributed by atoms with E-state index in [9.17, 15) is 4.79 Å². The van der Waals surface area contributed by atoms with Crippen LogP contribution in [0.15, 0.2) is 30.3 Å². The molecule has 0 aliphatic heterocycles. The molecule has 4 nitrogen and oxygen atoms in total. The minimum Gasteiger partial charge on any atom is -0.396 e. The first kappa shape index (κ1) is 16.0. The molecular weight excluding hydrogens is 260 g/mol. The Kier molecular flexibility index (Phi) is 6.34. The minimum atomic E-state index is -1.12. The topological polar surface area (TPSA) is 89.3 Å². The standard InChI is InChI=1S/C14H22N2O2S/c1-11(7-9-17)19-10-8-14(16,13(15)18)12-5-3-2-4-6-12/h2-6,11,17H,7-10,16H2,1H3,(H2,15,18). The molecule has 0 aromatic heterocycles. The van der Waals surface area contributed by atoms with Crippen LogP contribution in [0.3, 0.4) is 0 Å². The Morgan fingerprint density at radius 1 is 1.42 bits per heavy atom. The summed E-state index contributed by atoms with van der Waals surface area (Å²) in [6, 6.07) is 9.23. The molecule has 0 spiro atoms. The van der Waals surface area contributed by atoms with E-state index in [0.717, 1.165) is 17.7 Å². The van der Waals surface area contributed by atoms with Gasteiger partial charge in [0.25, 0.3) is 0 Å². The van der Waals surface area contributed by atoms with Gasteiger partial charge >= 0.3 is 0 Å². The average molecular weight is 282 g/mol. The predicted octanol–water partition coefficient (Wildman–Crippen LogP) is 1.22. The zero-order valence-electron chi connectivity index (χ0n) is 11.2. The highest BCUT2D eigenvalue weighted by Crippen LogP contribution is 2.25. The minimum absolute atomic E-state index is 0.177. The summed E-state index contributed by atoms with van der Waals surface area (Å²) in [6.07, 6.45) is 1.23. The van der Waals surface area contributed by atoms with Crippen molar-refractivity contribution in [1.82, 2.24) is 0 Å². The van der Waals surface area contributed by atoms with Crippen LogP contribution < -0.4 is 11.5 Å². The van der Waals surface area contributed by atoms with Crippen molar-refractivity contribution in [2.24, 2.45) is 11.5 Å². The van der Waals surface area contributed by atoms with E-state index < -0.39 is 11.4 Å². The fraction of sp³-hybridized carbons (Fsp3) is 0.500. The van der Waals surface area contributed by atoms with Crippen molar-refractivity contribution in [2.45, 2.75) is 30.6 Å². The van der Waals surface area contributed by atoms with Crippen molar-refractivity contribution >= 4 is 17.7 Å². The molecule has 0 fully saturated rings. The molecule has 0 saturated heterocycles. The first-order valence-electron chi connectivity index (χ1n) is 6.37. The van der Waals surface area contributed by atoms with Crippen molar-refractivity contribution < 1.29 is 9.90 Å². The summed E-state index contributed by atoms with van der Waals surface area (Å²) in [5, 5.41) is 9.20. The SMILES string of the molecule is CC(CCO)SCCC(N)(C(N)=O)c1ccccc1. The Hall–Kier alpha value is -1.04. The Labute approximate surface area is 118 Å². The highest BCUT2D eigenvalue weighted by molar-refractivity contribution is 7.99. The summed E-state index contributed by atoms with van der Waals surface area (Å²) in [7, 11) is 0. The monoisotopic (exact) mass is 282 g/mol. The molecule has 106 valence electrons. The van der Waals surface area contributed by atoms with Gasteiger partial charge in [0.05, 0.1) is 0 Å². The third-order valence-corrected chi connectivity index (χ3v) is 4.41. The number of hydrogen-bond donors (Lipinski definition) is 3. The summed E-state index contributed by atoms with van der Waals surface area (Å²) in [5.74, 6) is 0.226. The van der Waals surface area contributed by atoms with Gasteiger partial charge in [0.15, 0.2) is 0 Å². The van der Waals surface area contributed by atoms with Gasteiger partial charge in [-0.05, 0) is 24.2 Å². The Balaban J connectivity index is 2.66. The third-order valence-electron chi connectivity index (χ3n) is 3.16. The molecule has 5 heteroatoms. The Bertz CT molecular complexity index is 400. The third kappa shape index (κ3) is 4.53. The normalized spacial score (nSPS) is 15.7. The molecule has 1 aromatic rings. The summed E-state index contributed by atoms with van der Waals surface area (Å²) < 4.78 is 0. The fourth-order valence-corrected chi connectivity index (χ4v) is 2.95. The first-order valence-corrected chi connectivity index (χ1v) is 7.42. The van der Waals surface area contributed by atoms with Crippen LogP contribution in [0.25, 0.3) is 0 Å². The number of aliphatic hydroxyl groups excluding tert-OH is 1. The van der Waals surface area contributed by atoms with Crippen LogP contribution in [0.1, 0.15) is 25.3 Å². The van der Waals surface area contributed by atoms with Gasteiger partial charge in [-0.2, -0.15) is 11.8 Å². The fourth-order valence-electron chi connectivity index (χ4n) is 1.83. The zero-order chi connectivity index (χ0) is 14.3. The molecule has 2 unspecified atom stereocenters. The number of rotatable bonds is 8. The lowest BCUT2D eigenvalue weighted by Gasteiger charge is -2.26. The zero-order valence-corrected chi connectivity index (χ0v) is 12.0. The molecule has 19 heavy (non-hydrogen) atoms. The lowest BCUT2D eigenvalue weighted by atomic mass is 9.88. The van der Waals surface area contributed by atoms with Crippen molar-refractivity contribution in [3.8, 4) is 0 Å². The maximum atomic E-state index is 11.7. The maximum Gasteiger partial charge on any atom is 0.242 e. The van der Waals surface area contributed by atoms with E-state index in [2.05, 4.69) is 0 Å². The van der Waals surface area contributed by atoms with Crippen LogP contribution in [0.2, 0.25) is 0 Å². The van der Waals surface area contributed by atoms with Gasteiger partial charge in [-0.25, -0.2) is 0 Å². The van der Waals surface area contributed by atoms with Crippen molar-refractivity contribution in [3.05, 3.63) is 35.9 Å². The molecule has 5 N–H and O–H groups in total. The summed E-state index contributed by atoms with van der Waals surface area (Å²) >= 11 is 1.69. The summed E-state index contributed by atoms with van der Waals surface area (Å²) in [5.41, 5.74) is 11.3.